The molecule has 2 nitrogen and oxygen atoms in total. The Morgan fingerprint density at radius 3 is 2.67 bits per heavy atom. The molecule has 0 radical (unpaired) electrons. The van der Waals surface area contributed by atoms with Crippen LogP contribution in [0.25, 0.3) is 0 Å². The fraction of sp³-hybridized carbons (Fsp3) is 1.00. The molecule has 1 saturated heterocycles. The molecule has 0 spiro atoms. The van der Waals surface area contributed by atoms with Crippen molar-refractivity contribution < 1.29 is 0 Å². The highest BCUT2D eigenvalue weighted by Gasteiger charge is 2.53. The first kappa shape index (κ1) is 10.1. The molecule has 1 atom stereocenters. The van der Waals surface area contributed by atoms with Crippen molar-refractivity contribution in [1.82, 2.24) is 10.6 Å². The van der Waals surface area contributed by atoms with Crippen LogP contribution in [0.2, 0.25) is 0 Å². The zero-order valence-electron chi connectivity index (χ0n) is 9.73. The van der Waals surface area contributed by atoms with Gasteiger partial charge < -0.3 is 10.6 Å². The van der Waals surface area contributed by atoms with Crippen LogP contribution in [0.1, 0.15) is 38.5 Å². The Morgan fingerprint density at radius 1 is 1.20 bits per heavy atom. The SMILES string of the molecule is C1CC(CCNCC2(C3CC3)CC2)CN1. The zero-order valence-corrected chi connectivity index (χ0v) is 9.73. The summed E-state index contributed by atoms with van der Waals surface area (Å²) in [7, 11) is 0. The first-order valence-electron chi connectivity index (χ1n) is 6.80. The highest BCUT2D eigenvalue weighted by atomic mass is 14.9. The van der Waals surface area contributed by atoms with Gasteiger partial charge in [0.25, 0.3) is 0 Å². The van der Waals surface area contributed by atoms with Crippen LogP contribution in [-0.2, 0) is 0 Å². The van der Waals surface area contributed by atoms with Gasteiger partial charge in [-0.3, -0.25) is 0 Å². The molecule has 1 heterocycles. The Kier molecular flexibility index (Phi) is 2.73. The lowest BCUT2D eigenvalue weighted by Gasteiger charge is -2.16. The van der Waals surface area contributed by atoms with Crippen LogP contribution in [-0.4, -0.2) is 26.2 Å². The van der Waals surface area contributed by atoms with E-state index in [4.69, 9.17) is 0 Å². The van der Waals surface area contributed by atoms with Crippen LogP contribution < -0.4 is 10.6 Å². The largest absolute Gasteiger partial charge is 0.316 e. The summed E-state index contributed by atoms with van der Waals surface area (Å²) in [6, 6.07) is 0. The molecular weight excluding hydrogens is 184 g/mol. The third-order valence-corrected chi connectivity index (χ3v) is 4.70. The second-order valence-electron chi connectivity index (χ2n) is 5.96. The molecule has 0 aromatic carbocycles. The molecule has 2 aliphatic carbocycles. The monoisotopic (exact) mass is 208 g/mol. The van der Waals surface area contributed by atoms with Crippen LogP contribution in [0.15, 0.2) is 0 Å². The quantitative estimate of drug-likeness (QED) is 0.650. The minimum absolute atomic E-state index is 0.786. The molecule has 3 aliphatic rings. The summed E-state index contributed by atoms with van der Waals surface area (Å²) in [5.41, 5.74) is 0.786. The first-order valence-corrected chi connectivity index (χ1v) is 6.80. The van der Waals surface area contributed by atoms with Crippen LogP contribution in [0.5, 0.6) is 0 Å². The highest BCUT2D eigenvalue weighted by Crippen LogP contribution is 2.60. The predicted octanol–water partition coefficient (Wildman–Crippen LogP) is 1.77. The molecule has 0 aromatic heterocycles. The van der Waals surface area contributed by atoms with Gasteiger partial charge in [0.1, 0.15) is 0 Å². The lowest BCUT2D eigenvalue weighted by molar-refractivity contribution is 0.390. The molecule has 2 saturated carbocycles. The van der Waals surface area contributed by atoms with Gasteiger partial charge in [-0.05, 0) is 75.4 Å². The van der Waals surface area contributed by atoms with Crippen molar-refractivity contribution in [1.29, 1.82) is 0 Å². The zero-order chi connectivity index (χ0) is 10.1. The molecule has 15 heavy (non-hydrogen) atoms. The second kappa shape index (κ2) is 4.06. The maximum absolute atomic E-state index is 3.71. The van der Waals surface area contributed by atoms with Crippen LogP contribution in [0.4, 0.5) is 0 Å². The molecule has 1 unspecified atom stereocenters. The van der Waals surface area contributed by atoms with Gasteiger partial charge in [0.2, 0.25) is 0 Å². The lowest BCUT2D eigenvalue weighted by atomic mass is 10.0. The Bertz CT molecular complexity index is 213. The summed E-state index contributed by atoms with van der Waals surface area (Å²) in [6.45, 7) is 5.07. The van der Waals surface area contributed by atoms with E-state index in [0.29, 0.717) is 0 Å². The summed E-state index contributed by atoms with van der Waals surface area (Å²) in [6.07, 6.45) is 8.84. The van der Waals surface area contributed by atoms with Gasteiger partial charge >= 0.3 is 0 Å². The number of rotatable bonds is 6. The van der Waals surface area contributed by atoms with Crippen molar-refractivity contribution >= 4 is 0 Å². The molecule has 1 aliphatic heterocycles. The van der Waals surface area contributed by atoms with E-state index in [1.54, 1.807) is 0 Å². The van der Waals surface area contributed by atoms with E-state index >= 15 is 0 Å². The molecule has 86 valence electrons. The maximum atomic E-state index is 3.71. The van der Waals surface area contributed by atoms with Gasteiger partial charge in [0, 0.05) is 6.54 Å². The van der Waals surface area contributed by atoms with Crippen LogP contribution >= 0.6 is 0 Å². The minimum atomic E-state index is 0.786. The van der Waals surface area contributed by atoms with Crippen molar-refractivity contribution in [3.8, 4) is 0 Å². The number of hydrogen-bond donors (Lipinski definition) is 2. The Labute approximate surface area is 93.2 Å². The van der Waals surface area contributed by atoms with E-state index in [1.165, 1.54) is 64.7 Å². The van der Waals surface area contributed by atoms with Crippen molar-refractivity contribution in [2.45, 2.75) is 38.5 Å². The fourth-order valence-corrected chi connectivity index (χ4v) is 3.19. The molecule has 0 bridgehead atoms. The van der Waals surface area contributed by atoms with Gasteiger partial charge in [-0.25, -0.2) is 0 Å². The van der Waals surface area contributed by atoms with E-state index in [1.807, 2.05) is 0 Å². The Hall–Kier alpha value is -0.0800. The lowest BCUT2D eigenvalue weighted by Crippen LogP contribution is -2.27. The van der Waals surface area contributed by atoms with Gasteiger partial charge in [0.05, 0.1) is 0 Å². The van der Waals surface area contributed by atoms with Gasteiger partial charge in [-0.2, -0.15) is 0 Å². The molecule has 3 fully saturated rings. The van der Waals surface area contributed by atoms with E-state index < -0.39 is 0 Å². The Morgan fingerprint density at radius 2 is 2.07 bits per heavy atom. The normalized spacial score (nSPS) is 33.2. The average molecular weight is 208 g/mol. The second-order valence-corrected chi connectivity index (χ2v) is 5.96. The predicted molar refractivity (Wildman–Crippen MR) is 62.9 cm³/mol. The molecule has 2 heteroatoms. The maximum Gasteiger partial charge on any atom is 0.00105 e. The molecular formula is C13H24N2. The van der Waals surface area contributed by atoms with Crippen LogP contribution in [0.3, 0.4) is 0 Å². The standard InChI is InChI=1S/C13H24N2/c1-2-12(1)13(5-6-13)10-15-8-4-11-3-7-14-9-11/h11-12,14-15H,1-10H2. The number of hydrogen-bond acceptors (Lipinski definition) is 2. The summed E-state index contributed by atoms with van der Waals surface area (Å²) in [5.74, 6) is 2.06. The average Bonchev–Trinajstić information content (AvgIpc) is 3.13. The molecule has 0 amide bonds. The van der Waals surface area contributed by atoms with Gasteiger partial charge in [-0.1, -0.05) is 0 Å². The topological polar surface area (TPSA) is 24.1 Å². The smallest absolute Gasteiger partial charge is 0.00105 e. The summed E-state index contributed by atoms with van der Waals surface area (Å²) < 4.78 is 0. The van der Waals surface area contributed by atoms with E-state index in [0.717, 1.165) is 17.3 Å². The Balaban J connectivity index is 1.30. The van der Waals surface area contributed by atoms with Crippen molar-refractivity contribution in [2.75, 3.05) is 26.2 Å². The third-order valence-electron chi connectivity index (χ3n) is 4.70. The van der Waals surface area contributed by atoms with E-state index in [2.05, 4.69) is 10.6 Å². The summed E-state index contributed by atoms with van der Waals surface area (Å²) in [4.78, 5) is 0. The molecule has 3 rings (SSSR count). The summed E-state index contributed by atoms with van der Waals surface area (Å²) >= 11 is 0. The van der Waals surface area contributed by atoms with Gasteiger partial charge in [-0.15, -0.1) is 0 Å². The molecule has 2 N–H and O–H groups in total. The van der Waals surface area contributed by atoms with Crippen molar-refractivity contribution in [3.05, 3.63) is 0 Å². The fourth-order valence-electron chi connectivity index (χ4n) is 3.19. The van der Waals surface area contributed by atoms with E-state index in [9.17, 15) is 0 Å². The number of nitrogens with one attached hydrogen (secondary N) is 2. The third kappa shape index (κ3) is 2.36. The minimum Gasteiger partial charge on any atom is -0.316 e. The van der Waals surface area contributed by atoms with Crippen LogP contribution in [0, 0.1) is 17.3 Å². The first-order chi connectivity index (χ1) is 7.39. The van der Waals surface area contributed by atoms with Gasteiger partial charge in [0.15, 0.2) is 0 Å². The summed E-state index contributed by atoms with van der Waals surface area (Å²) in [5, 5.41) is 7.15. The van der Waals surface area contributed by atoms with E-state index in [-0.39, 0.29) is 0 Å². The highest BCUT2D eigenvalue weighted by molar-refractivity contribution is 5.04. The van der Waals surface area contributed by atoms with Crippen molar-refractivity contribution in [3.63, 3.8) is 0 Å². The van der Waals surface area contributed by atoms with Crippen molar-refractivity contribution in [2.24, 2.45) is 17.3 Å². The molecule has 0 aromatic rings.